The minimum Gasteiger partial charge on any atom is -0.358 e. The van der Waals surface area contributed by atoms with Crippen LogP contribution in [0.15, 0.2) is 23.3 Å². The zero-order valence-corrected chi connectivity index (χ0v) is 12.3. The van der Waals surface area contributed by atoms with Crippen molar-refractivity contribution in [3.05, 3.63) is 34.0 Å². The van der Waals surface area contributed by atoms with E-state index in [1.807, 2.05) is 13.0 Å². The molecule has 0 spiro atoms. The summed E-state index contributed by atoms with van der Waals surface area (Å²) in [5, 5.41) is 24.5. The van der Waals surface area contributed by atoms with E-state index in [1.54, 1.807) is 25.4 Å². The molecule has 0 saturated heterocycles. The van der Waals surface area contributed by atoms with E-state index in [9.17, 15) is 15.4 Å². The molecule has 112 valence electrons. The lowest BCUT2D eigenvalue weighted by Crippen LogP contribution is -2.00. The maximum Gasteiger partial charge on any atom is 0.342 e. The van der Waals surface area contributed by atoms with Crippen LogP contribution in [0.2, 0.25) is 0 Å². The van der Waals surface area contributed by atoms with Crippen molar-refractivity contribution < 1.29 is 4.92 Å². The number of hydrogen-bond donors (Lipinski definition) is 0. The lowest BCUT2D eigenvalue weighted by atomic mass is 10.2. The molecule has 9 nitrogen and oxygen atoms in total. The predicted octanol–water partition coefficient (Wildman–Crippen LogP) is 1.88. The Hall–Kier alpha value is -3.28. The van der Waals surface area contributed by atoms with Gasteiger partial charge in [0.25, 0.3) is 5.82 Å². The minimum atomic E-state index is -0.545. The summed E-state index contributed by atoms with van der Waals surface area (Å²) in [6.07, 6.45) is 6.20. The van der Waals surface area contributed by atoms with E-state index in [0.717, 1.165) is 6.20 Å². The van der Waals surface area contributed by atoms with E-state index >= 15 is 0 Å². The summed E-state index contributed by atoms with van der Waals surface area (Å²) in [5.74, 6) is 0.427. The van der Waals surface area contributed by atoms with Gasteiger partial charge < -0.3 is 10.1 Å². The molecule has 0 bridgehead atoms. The van der Waals surface area contributed by atoms with E-state index in [4.69, 9.17) is 0 Å². The van der Waals surface area contributed by atoms with Gasteiger partial charge in [0.2, 0.25) is 0 Å². The first-order valence-corrected chi connectivity index (χ1v) is 6.30. The fourth-order valence-electron chi connectivity index (χ4n) is 1.91. The smallest absolute Gasteiger partial charge is 0.342 e. The molecule has 0 radical (unpaired) electrons. The van der Waals surface area contributed by atoms with Crippen LogP contribution in [0.25, 0.3) is 11.5 Å². The number of nitrogens with zero attached hydrogens (tertiary/aromatic N) is 7. The molecule has 2 rings (SSSR count). The molecule has 0 fully saturated rings. The highest BCUT2D eigenvalue weighted by Crippen LogP contribution is 2.30. The summed E-state index contributed by atoms with van der Waals surface area (Å²) in [7, 11) is 3.14. The van der Waals surface area contributed by atoms with Gasteiger partial charge in [-0.05, 0) is 17.9 Å². The molecular weight excluding hydrogens is 286 g/mol. The van der Waals surface area contributed by atoms with Gasteiger partial charge in [-0.25, -0.2) is 19.2 Å². The highest BCUT2D eigenvalue weighted by molar-refractivity contribution is 5.77. The number of aryl methyl sites for hydroxylation is 1. The van der Waals surface area contributed by atoms with Gasteiger partial charge in [-0.1, -0.05) is 6.08 Å². The van der Waals surface area contributed by atoms with Crippen LogP contribution in [-0.2, 0) is 14.1 Å². The average Bonchev–Trinajstić information content (AvgIpc) is 3.00. The van der Waals surface area contributed by atoms with Crippen molar-refractivity contribution in [2.24, 2.45) is 19.1 Å². The Morgan fingerprint density at radius 2 is 2.23 bits per heavy atom. The van der Waals surface area contributed by atoms with Crippen LogP contribution in [0, 0.1) is 21.4 Å². The number of imidazole rings is 1. The number of nitriles is 1. The first-order chi connectivity index (χ1) is 10.5. The number of aromatic nitrogens is 4. The molecular formula is C13H13N7O2. The molecule has 0 N–H and O–H groups in total. The molecule has 0 amide bonds. The van der Waals surface area contributed by atoms with Crippen molar-refractivity contribution in [1.29, 1.82) is 5.26 Å². The van der Waals surface area contributed by atoms with Crippen LogP contribution in [-0.4, -0.2) is 30.5 Å². The van der Waals surface area contributed by atoms with Crippen LogP contribution in [0.4, 0.5) is 11.6 Å². The molecule has 2 aromatic rings. The summed E-state index contributed by atoms with van der Waals surface area (Å²) in [6.45, 7) is 1.85. The number of nitro groups is 1. The quantitative estimate of drug-likeness (QED) is 0.485. The molecule has 0 aromatic carbocycles. The molecule has 0 atom stereocenters. The minimum absolute atomic E-state index is 0.177. The normalized spacial score (nSPS) is 11.4. The Labute approximate surface area is 126 Å². The fourth-order valence-corrected chi connectivity index (χ4v) is 1.91. The Morgan fingerprint density at radius 3 is 2.77 bits per heavy atom. The maximum absolute atomic E-state index is 10.9. The van der Waals surface area contributed by atoms with E-state index in [2.05, 4.69) is 15.1 Å². The molecule has 0 aliphatic carbocycles. The standard InChI is InChI=1S/C13H13N7O2/c1-4-5-6-15-12-9(7-14)11(17-19(12)3)13-16-8-10(18(13)2)20(21)22/h4-6,8H,1-3H3/b5-4+,15-6+. The van der Waals surface area contributed by atoms with Crippen molar-refractivity contribution in [3.63, 3.8) is 0 Å². The average molecular weight is 299 g/mol. The van der Waals surface area contributed by atoms with Crippen LogP contribution >= 0.6 is 0 Å². The Bertz CT molecular complexity index is 820. The highest BCUT2D eigenvalue weighted by Gasteiger charge is 2.26. The maximum atomic E-state index is 10.9. The molecule has 0 unspecified atom stereocenters. The van der Waals surface area contributed by atoms with Crippen molar-refractivity contribution in [2.45, 2.75) is 6.92 Å². The molecule has 0 aliphatic rings. The summed E-state index contributed by atoms with van der Waals surface area (Å²) in [6, 6.07) is 2.03. The SMILES string of the molecule is C/C=C/C=N/c1c(C#N)c(-c2ncc([N+](=O)[O-])n2C)nn1C. The third-order valence-corrected chi connectivity index (χ3v) is 2.97. The Morgan fingerprint density at radius 1 is 1.50 bits per heavy atom. The lowest BCUT2D eigenvalue weighted by molar-refractivity contribution is -0.391. The summed E-state index contributed by atoms with van der Waals surface area (Å²) in [4.78, 5) is 18.5. The molecule has 9 heteroatoms. The summed E-state index contributed by atoms with van der Waals surface area (Å²) in [5.41, 5.74) is 0.472. The van der Waals surface area contributed by atoms with Gasteiger partial charge in [0.15, 0.2) is 11.5 Å². The van der Waals surface area contributed by atoms with E-state index in [1.165, 1.54) is 16.3 Å². The van der Waals surface area contributed by atoms with Gasteiger partial charge in [-0.3, -0.25) is 0 Å². The van der Waals surface area contributed by atoms with Crippen LogP contribution in [0.5, 0.6) is 0 Å². The van der Waals surface area contributed by atoms with Crippen LogP contribution in [0.1, 0.15) is 12.5 Å². The second kappa shape index (κ2) is 6.01. The van der Waals surface area contributed by atoms with Crippen LogP contribution < -0.4 is 0 Å². The molecule has 22 heavy (non-hydrogen) atoms. The van der Waals surface area contributed by atoms with E-state index in [-0.39, 0.29) is 22.9 Å². The second-order valence-corrected chi connectivity index (χ2v) is 4.34. The van der Waals surface area contributed by atoms with Gasteiger partial charge in [0, 0.05) is 13.3 Å². The lowest BCUT2D eigenvalue weighted by Gasteiger charge is -1.95. The Balaban J connectivity index is 2.61. The zero-order valence-electron chi connectivity index (χ0n) is 12.3. The first kappa shape index (κ1) is 15.1. The van der Waals surface area contributed by atoms with Crippen molar-refractivity contribution >= 4 is 17.9 Å². The van der Waals surface area contributed by atoms with Crippen molar-refractivity contribution in [1.82, 2.24) is 19.3 Å². The zero-order chi connectivity index (χ0) is 16.3. The number of aliphatic imine (C=N–C) groups is 1. The highest BCUT2D eigenvalue weighted by atomic mass is 16.6. The van der Waals surface area contributed by atoms with Gasteiger partial charge in [-0.15, -0.1) is 0 Å². The largest absolute Gasteiger partial charge is 0.358 e. The van der Waals surface area contributed by atoms with Gasteiger partial charge >= 0.3 is 5.82 Å². The van der Waals surface area contributed by atoms with Gasteiger partial charge in [0.05, 0.1) is 7.05 Å². The number of rotatable bonds is 4. The Kier molecular flexibility index (Phi) is 4.13. The molecule has 2 aromatic heterocycles. The van der Waals surface area contributed by atoms with Crippen LogP contribution in [0.3, 0.4) is 0 Å². The summed E-state index contributed by atoms with van der Waals surface area (Å²) < 4.78 is 2.72. The van der Waals surface area contributed by atoms with E-state index in [0.29, 0.717) is 5.82 Å². The number of allylic oxidation sites excluding steroid dienone is 2. The first-order valence-electron chi connectivity index (χ1n) is 6.30. The monoisotopic (exact) mass is 299 g/mol. The molecule has 2 heterocycles. The third kappa shape index (κ3) is 2.49. The van der Waals surface area contributed by atoms with Crippen molar-refractivity contribution in [2.75, 3.05) is 0 Å². The number of hydrogen-bond acceptors (Lipinski definition) is 6. The van der Waals surface area contributed by atoms with Crippen molar-refractivity contribution in [3.8, 4) is 17.6 Å². The fraction of sp³-hybridized carbons (Fsp3) is 0.231. The molecule has 0 aliphatic heterocycles. The van der Waals surface area contributed by atoms with E-state index < -0.39 is 4.92 Å². The van der Waals surface area contributed by atoms with Gasteiger partial charge in [0.1, 0.15) is 17.8 Å². The summed E-state index contributed by atoms with van der Waals surface area (Å²) >= 11 is 0. The molecule has 0 saturated carbocycles. The van der Waals surface area contributed by atoms with Gasteiger partial charge in [-0.2, -0.15) is 10.4 Å². The predicted molar refractivity (Wildman–Crippen MR) is 79.7 cm³/mol. The topological polar surface area (TPSA) is 115 Å². The second-order valence-electron chi connectivity index (χ2n) is 4.34. The third-order valence-electron chi connectivity index (χ3n) is 2.97.